The summed E-state index contributed by atoms with van der Waals surface area (Å²) in [4.78, 5) is 16.3. The predicted octanol–water partition coefficient (Wildman–Crippen LogP) is 4.61. The number of ether oxygens (including phenoxy) is 1. The first kappa shape index (κ1) is 22.3. The molecule has 174 valence electrons. The molecular weight excluding hydrogens is 439 g/mol. The van der Waals surface area contributed by atoms with Gasteiger partial charge >= 0.3 is 0 Å². The fourth-order valence-corrected chi connectivity index (χ4v) is 4.94. The van der Waals surface area contributed by atoms with E-state index in [9.17, 15) is 4.39 Å². The van der Waals surface area contributed by atoms with Gasteiger partial charge in [-0.3, -0.25) is 0 Å². The summed E-state index contributed by atoms with van der Waals surface area (Å²) in [7, 11) is 2.15. The Morgan fingerprint density at radius 3 is 2.64 bits per heavy atom. The van der Waals surface area contributed by atoms with Crippen LogP contribution in [0.1, 0.15) is 38.1 Å². The minimum atomic E-state index is -0.773. The number of nitrogens with one attached hydrogen (secondary N) is 1. The number of halogens is 1. The van der Waals surface area contributed by atoms with Crippen LogP contribution in [0.25, 0.3) is 22.6 Å². The summed E-state index contributed by atoms with van der Waals surface area (Å²) in [5.41, 5.74) is 3.32. The average Bonchev–Trinajstić information content (AvgIpc) is 3.25. The summed E-state index contributed by atoms with van der Waals surface area (Å²) in [6.45, 7) is 2.72. The molecule has 2 aliphatic heterocycles. The molecule has 2 aromatic heterocycles. The lowest BCUT2D eigenvalue weighted by Gasteiger charge is -2.33. The molecule has 2 fully saturated rings. The fraction of sp³-hybridized carbons (Fsp3) is 0.458. The Hall–Kier alpha value is -2.49. The second-order valence-corrected chi connectivity index (χ2v) is 9.59. The van der Waals surface area contributed by atoms with Gasteiger partial charge in [0.2, 0.25) is 5.95 Å². The summed E-state index contributed by atoms with van der Waals surface area (Å²) in [6.07, 6.45) is 8.54. The molecule has 9 heteroatoms. The molecule has 0 bridgehead atoms. The third-order valence-corrected chi connectivity index (χ3v) is 6.91. The van der Waals surface area contributed by atoms with Gasteiger partial charge in [-0.1, -0.05) is 0 Å². The Labute approximate surface area is 198 Å². The van der Waals surface area contributed by atoms with E-state index in [0.717, 1.165) is 67.8 Å². The van der Waals surface area contributed by atoms with Gasteiger partial charge in [0.15, 0.2) is 5.06 Å². The van der Waals surface area contributed by atoms with Crippen LogP contribution in [0.15, 0.2) is 42.9 Å². The molecule has 1 N–H and O–H groups in total. The van der Waals surface area contributed by atoms with E-state index in [0.29, 0.717) is 18.6 Å². The normalized spacial score (nSPS) is 22.4. The van der Waals surface area contributed by atoms with Crippen LogP contribution >= 0.6 is 12.6 Å². The molecule has 0 radical (unpaired) electrons. The second kappa shape index (κ2) is 9.40. The van der Waals surface area contributed by atoms with Crippen molar-refractivity contribution in [2.45, 2.75) is 43.2 Å². The van der Waals surface area contributed by atoms with Crippen molar-refractivity contribution in [1.29, 1.82) is 0 Å². The molecule has 1 atom stereocenters. The first-order valence-electron chi connectivity index (χ1n) is 11.5. The fourth-order valence-electron chi connectivity index (χ4n) is 4.59. The maximum absolute atomic E-state index is 13.6. The van der Waals surface area contributed by atoms with Crippen LogP contribution in [0, 0.1) is 5.82 Å². The lowest BCUT2D eigenvalue weighted by Crippen LogP contribution is -2.39. The third kappa shape index (κ3) is 4.90. The Morgan fingerprint density at radius 1 is 1.12 bits per heavy atom. The van der Waals surface area contributed by atoms with Crippen molar-refractivity contribution >= 4 is 18.6 Å². The van der Waals surface area contributed by atoms with E-state index in [1.54, 1.807) is 18.3 Å². The van der Waals surface area contributed by atoms with Gasteiger partial charge < -0.3 is 19.5 Å². The number of likely N-dealkylation sites (tertiary alicyclic amines) is 1. The van der Waals surface area contributed by atoms with Crippen molar-refractivity contribution in [2.75, 3.05) is 32.1 Å². The van der Waals surface area contributed by atoms with Crippen LogP contribution in [-0.2, 0) is 4.74 Å². The summed E-state index contributed by atoms with van der Waals surface area (Å²) < 4.78 is 21.7. The van der Waals surface area contributed by atoms with Crippen molar-refractivity contribution in [3.8, 4) is 22.6 Å². The quantitative estimate of drug-likeness (QED) is 0.421. The van der Waals surface area contributed by atoms with Crippen LogP contribution in [0.5, 0.6) is 0 Å². The van der Waals surface area contributed by atoms with E-state index >= 15 is 0 Å². The summed E-state index contributed by atoms with van der Waals surface area (Å²) in [5.74, 6) is 0.195. The predicted molar refractivity (Wildman–Crippen MR) is 130 cm³/mol. The Bertz CT molecular complexity index is 1090. The van der Waals surface area contributed by atoms with Gasteiger partial charge in [0.05, 0.1) is 30.0 Å². The minimum Gasteiger partial charge on any atom is -0.347 e. The van der Waals surface area contributed by atoms with Gasteiger partial charge in [-0.25, -0.2) is 19.3 Å². The molecule has 5 rings (SSSR count). The van der Waals surface area contributed by atoms with E-state index in [4.69, 9.17) is 27.3 Å². The van der Waals surface area contributed by atoms with E-state index in [2.05, 4.69) is 26.8 Å². The van der Waals surface area contributed by atoms with Gasteiger partial charge in [0.25, 0.3) is 0 Å². The minimum absolute atomic E-state index is 0.268. The Morgan fingerprint density at radius 2 is 1.91 bits per heavy atom. The highest BCUT2D eigenvalue weighted by molar-refractivity contribution is 7.81. The van der Waals surface area contributed by atoms with Gasteiger partial charge in [-0.2, -0.15) is 0 Å². The molecule has 4 heterocycles. The number of thiol groups is 1. The van der Waals surface area contributed by atoms with Gasteiger partial charge in [-0.15, -0.1) is 12.6 Å². The van der Waals surface area contributed by atoms with E-state index in [-0.39, 0.29) is 5.82 Å². The third-order valence-electron chi connectivity index (χ3n) is 6.45. The van der Waals surface area contributed by atoms with Crippen molar-refractivity contribution in [2.24, 2.45) is 0 Å². The van der Waals surface area contributed by atoms with Crippen molar-refractivity contribution in [3.05, 3.63) is 48.7 Å². The largest absolute Gasteiger partial charge is 0.347 e. The zero-order valence-corrected chi connectivity index (χ0v) is 19.6. The highest BCUT2D eigenvalue weighted by Gasteiger charge is 2.30. The summed E-state index contributed by atoms with van der Waals surface area (Å²) in [5, 5.41) is 2.49. The second-order valence-electron chi connectivity index (χ2n) is 8.87. The summed E-state index contributed by atoms with van der Waals surface area (Å²) in [6, 6.07) is 8.67. The van der Waals surface area contributed by atoms with Gasteiger partial charge in [-0.05, 0) is 76.2 Å². The van der Waals surface area contributed by atoms with E-state index in [1.807, 2.05) is 12.4 Å². The van der Waals surface area contributed by atoms with Crippen LogP contribution in [-0.4, -0.2) is 56.2 Å². The first-order valence-corrected chi connectivity index (χ1v) is 11.9. The number of benzene rings is 1. The van der Waals surface area contributed by atoms with Crippen LogP contribution < -0.4 is 5.32 Å². The number of hydrogen-bond acceptors (Lipinski definition) is 7. The zero-order chi connectivity index (χ0) is 22.8. The molecule has 3 aromatic rings. The lowest BCUT2D eigenvalue weighted by atomic mass is 10.0. The molecule has 7 nitrogen and oxygen atoms in total. The van der Waals surface area contributed by atoms with Crippen LogP contribution in [0.3, 0.4) is 0 Å². The van der Waals surface area contributed by atoms with E-state index < -0.39 is 5.06 Å². The molecule has 33 heavy (non-hydrogen) atoms. The van der Waals surface area contributed by atoms with Crippen molar-refractivity contribution < 1.29 is 9.13 Å². The monoisotopic (exact) mass is 468 g/mol. The smallest absolute Gasteiger partial charge is 0.226 e. The van der Waals surface area contributed by atoms with Gasteiger partial charge in [0.1, 0.15) is 5.82 Å². The topological polar surface area (TPSA) is 68.1 Å². The molecular formula is C24H29FN6OS. The average molecular weight is 469 g/mol. The van der Waals surface area contributed by atoms with E-state index in [1.165, 1.54) is 12.1 Å². The number of anilines is 1. The Balaban J connectivity index is 1.54. The van der Waals surface area contributed by atoms with Crippen LogP contribution in [0.4, 0.5) is 10.3 Å². The molecule has 2 saturated heterocycles. The maximum atomic E-state index is 13.6. The van der Waals surface area contributed by atoms with Crippen LogP contribution in [0.2, 0.25) is 0 Å². The molecule has 0 saturated carbocycles. The maximum Gasteiger partial charge on any atom is 0.226 e. The van der Waals surface area contributed by atoms with Gasteiger partial charge in [0, 0.05) is 24.2 Å². The number of rotatable bonds is 5. The molecule has 0 spiro atoms. The molecule has 0 amide bonds. The number of hydrogen-bond donors (Lipinski definition) is 2. The van der Waals surface area contributed by atoms with Crippen molar-refractivity contribution in [3.63, 3.8) is 0 Å². The standard InChI is InChI=1S/C24H29FN6OS/c1-30-13-9-19(10-14-30)31-16-27-21(17-4-6-18(25)7-5-17)22(31)20-8-12-26-23(28-20)29-24(33)11-2-3-15-32-24/h4-8,12,16,19,33H,2-3,9-11,13-15H2,1H3,(H,26,28,29). The first-order chi connectivity index (χ1) is 16.0. The molecule has 0 aliphatic carbocycles. The number of imidazole rings is 1. The Kier molecular flexibility index (Phi) is 6.36. The molecule has 1 unspecified atom stereocenters. The number of nitrogens with zero attached hydrogens (tertiary/aromatic N) is 5. The zero-order valence-electron chi connectivity index (χ0n) is 18.7. The number of aromatic nitrogens is 4. The lowest BCUT2D eigenvalue weighted by molar-refractivity contribution is 0.00966. The molecule has 1 aromatic carbocycles. The highest BCUT2D eigenvalue weighted by Crippen LogP contribution is 2.36. The highest BCUT2D eigenvalue weighted by atomic mass is 32.1. The SMILES string of the molecule is CN1CCC(n2cnc(-c3ccc(F)cc3)c2-c2ccnc(NC3(S)CCCCO3)n2)CC1. The van der Waals surface area contributed by atoms with Crippen molar-refractivity contribution in [1.82, 2.24) is 24.4 Å². The summed E-state index contributed by atoms with van der Waals surface area (Å²) >= 11 is 4.70. The number of piperidine rings is 1. The molecule has 2 aliphatic rings.